The molecule has 0 aliphatic rings. The number of hydrogen-bond donors (Lipinski definition) is 2. The van der Waals surface area contributed by atoms with Gasteiger partial charge in [0.25, 0.3) is 0 Å². The Hall–Kier alpha value is -2.10. The molecule has 0 radical (unpaired) electrons. The fourth-order valence-electron chi connectivity index (χ4n) is 1.62. The van der Waals surface area contributed by atoms with Crippen LogP contribution in [0.15, 0.2) is 60.9 Å². The number of nitrogens with two attached hydrogens (primary N) is 1. The van der Waals surface area contributed by atoms with Crippen molar-refractivity contribution in [2.75, 3.05) is 13.7 Å². The van der Waals surface area contributed by atoms with Gasteiger partial charge >= 0.3 is 0 Å². The Kier molecular flexibility index (Phi) is 8.75. The first-order valence-corrected chi connectivity index (χ1v) is 6.63. The molecule has 20 heavy (non-hydrogen) atoms. The van der Waals surface area contributed by atoms with E-state index in [2.05, 4.69) is 37.2 Å². The topological polar surface area (TPSA) is 50.5 Å². The van der Waals surface area contributed by atoms with Gasteiger partial charge in [-0.05, 0) is 45.2 Å². The standard InChI is InChI=1S/C16H27N3O/c1-7-14(18-9-3)12-19(13(4)5)15(8-2)10-11-16(17)20-6/h7-11,13,18H,2-3,12,17H2,1,4-6H3/b14-7-,15-10+,16-11+. The summed E-state index contributed by atoms with van der Waals surface area (Å²) in [5.74, 6) is 0.364. The fraction of sp³-hybridized carbons (Fsp3) is 0.375. The smallest absolute Gasteiger partial charge is 0.183 e. The number of ether oxygens (including phenoxy) is 1. The Labute approximate surface area is 123 Å². The molecule has 0 saturated carbocycles. The van der Waals surface area contributed by atoms with Gasteiger partial charge in [0, 0.05) is 17.4 Å². The molecule has 0 fully saturated rings. The summed E-state index contributed by atoms with van der Waals surface area (Å²) in [6.45, 7) is 14.5. The Morgan fingerprint density at radius 3 is 2.40 bits per heavy atom. The lowest BCUT2D eigenvalue weighted by Crippen LogP contribution is -2.33. The summed E-state index contributed by atoms with van der Waals surface area (Å²) in [5, 5.41) is 3.13. The van der Waals surface area contributed by atoms with Crippen LogP contribution in [0, 0.1) is 0 Å². The van der Waals surface area contributed by atoms with E-state index in [4.69, 9.17) is 10.5 Å². The molecule has 0 saturated heterocycles. The Balaban J connectivity index is 5.22. The zero-order valence-corrected chi connectivity index (χ0v) is 13.0. The Morgan fingerprint density at radius 1 is 1.35 bits per heavy atom. The summed E-state index contributed by atoms with van der Waals surface area (Å²) in [6.07, 6.45) is 9.13. The molecule has 0 aromatic heterocycles. The van der Waals surface area contributed by atoms with Crippen LogP contribution in [0.5, 0.6) is 0 Å². The lowest BCUT2D eigenvalue weighted by Gasteiger charge is -2.30. The van der Waals surface area contributed by atoms with Crippen LogP contribution in [0.4, 0.5) is 0 Å². The molecular weight excluding hydrogens is 250 g/mol. The molecule has 4 nitrogen and oxygen atoms in total. The van der Waals surface area contributed by atoms with E-state index < -0.39 is 0 Å². The highest BCUT2D eigenvalue weighted by Crippen LogP contribution is 2.13. The predicted molar refractivity (Wildman–Crippen MR) is 86.5 cm³/mol. The van der Waals surface area contributed by atoms with Gasteiger partial charge in [-0.1, -0.05) is 19.2 Å². The Bertz CT molecular complexity index is 406. The molecule has 112 valence electrons. The van der Waals surface area contributed by atoms with Crippen molar-refractivity contribution < 1.29 is 4.74 Å². The zero-order valence-electron chi connectivity index (χ0n) is 13.0. The molecule has 0 heterocycles. The first kappa shape index (κ1) is 17.9. The van der Waals surface area contributed by atoms with E-state index in [0.29, 0.717) is 11.9 Å². The normalized spacial score (nSPS) is 13.2. The third kappa shape index (κ3) is 6.18. The van der Waals surface area contributed by atoms with E-state index in [1.807, 2.05) is 19.1 Å². The number of nitrogens with one attached hydrogen (secondary N) is 1. The average Bonchev–Trinajstić information content (AvgIpc) is 2.44. The molecule has 0 aromatic carbocycles. The van der Waals surface area contributed by atoms with Gasteiger partial charge in [0.2, 0.25) is 0 Å². The van der Waals surface area contributed by atoms with Gasteiger partial charge in [-0.25, -0.2) is 0 Å². The molecule has 0 unspecified atom stereocenters. The molecule has 0 aliphatic carbocycles. The van der Waals surface area contributed by atoms with E-state index >= 15 is 0 Å². The maximum absolute atomic E-state index is 5.63. The van der Waals surface area contributed by atoms with Gasteiger partial charge < -0.3 is 20.7 Å². The summed E-state index contributed by atoms with van der Waals surface area (Å²) in [6, 6.07) is 0.318. The second kappa shape index (κ2) is 9.78. The molecule has 0 spiro atoms. The number of hydrogen-bond acceptors (Lipinski definition) is 4. The van der Waals surface area contributed by atoms with Crippen molar-refractivity contribution in [2.24, 2.45) is 5.73 Å². The van der Waals surface area contributed by atoms with Gasteiger partial charge in [0.15, 0.2) is 5.88 Å². The van der Waals surface area contributed by atoms with E-state index in [1.165, 1.54) is 0 Å². The molecule has 0 aromatic rings. The highest BCUT2D eigenvalue weighted by atomic mass is 16.5. The lowest BCUT2D eigenvalue weighted by molar-refractivity contribution is 0.287. The van der Waals surface area contributed by atoms with Crippen molar-refractivity contribution in [1.29, 1.82) is 0 Å². The van der Waals surface area contributed by atoms with E-state index in [-0.39, 0.29) is 0 Å². The van der Waals surface area contributed by atoms with Crippen LogP contribution in [-0.2, 0) is 4.74 Å². The second-order valence-corrected chi connectivity index (χ2v) is 4.45. The van der Waals surface area contributed by atoms with Crippen molar-refractivity contribution in [3.05, 3.63) is 60.9 Å². The first-order chi connectivity index (χ1) is 9.49. The van der Waals surface area contributed by atoms with Crippen LogP contribution in [0.3, 0.4) is 0 Å². The van der Waals surface area contributed by atoms with Crippen molar-refractivity contribution in [2.45, 2.75) is 26.8 Å². The van der Waals surface area contributed by atoms with Gasteiger partial charge in [-0.15, -0.1) is 0 Å². The van der Waals surface area contributed by atoms with Crippen LogP contribution >= 0.6 is 0 Å². The zero-order chi connectivity index (χ0) is 15.5. The van der Waals surface area contributed by atoms with Gasteiger partial charge in [-0.3, -0.25) is 0 Å². The maximum Gasteiger partial charge on any atom is 0.183 e. The van der Waals surface area contributed by atoms with Crippen molar-refractivity contribution in [3.63, 3.8) is 0 Å². The first-order valence-electron chi connectivity index (χ1n) is 6.63. The molecule has 0 bridgehead atoms. The van der Waals surface area contributed by atoms with Crippen LogP contribution in [0.25, 0.3) is 0 Å². The number of nitrogens with zero attached hydrogens (tertiary/aromatic N) is 1. The predicted octanol–water partition coefficient (Wildman–Crippen LogP) is 2.85. The molecule has 4 heteroatoms. The highest BCUT2D eigenvalue weighted by Gasteiger charge is 2.12. The third-order valence-corrected chi connectivity index (χ3v) is 2.79. The molecule has 0 aliphatic heterocycles. The maximum atomic E-state index is 5.63. The highest BCUT2D eigenvalue weighted by molar-refractivity contribution is 5.24. The minimum Gasteiger partial charge on any atom is -0.483 e. The lowest BCUT2D eigenvalue weighted by atomic mass is 10.2. The number of allylic oxidation sites excluding steroid dienone is 4. The summed E-state index contributed by atoms with van der Waals surface area (Å²) in [7, 11) is 1.54. The summed E-state index contributed by atoms with van der Waals surface area (Å²) in [4.78, 5) is 2.21. The van der Waals surface area contributed by atoms with Gasteiger partial charge in [0.05, 0.1) is 13.7 Å². The average molecular weight is 277 g/mol. The molecule has 0 atom stereocenters. The SMILES string of the molecule is C=CN/C(=C\C)CN(/C(C=C)=C/C=C(\N)OC)C(C)C. The quantitative estimate of drug-likeness (QED) is 0.502. The minimum absolute atomic E-state index is 0.318. The van der Waals surface area contributed by atoms with E-state index in [9.17, 15) is 0 Å². The van der Waals surface area contributed by atoms with Crippen LogP contribution in [0.1, 0.15) is 20.8 Å². The Morgan fingerprint density at radius 2 is 2.00 bits per heavy atom. The van der Waals surface area contributed by atoms with Crippen molar-refractivity contribution >= 4 is 0 Å². The molecular formula is C16H27N3O. The number of rotatable bonds is 9. The van der Waals surface area contributed by atoms with E-state index in [1.54, 1.807) is 25.5 Å². The minimum atomic E-state index is 0.318. The molecule has 0 rings (SSSR count). The third-order valence-electron chi connectivity index (χ3n) is 2.79. The fourth-order valence-corrected chi connectivity index (χ4v) is 1.62. The van der Waals surface area contributed by atoms with Gasteiger partial charge in [0.1, 0.15) is 0 Å². The summed E-state index contributed by atoms with van der Waals surface area (Å²) >= 11 is 0. The van der Waals surface area contributed by atoms with Crippen LogP contribution in [0.2, 0.25) is 0 Å². The van der Waals surface area contributed by atoms with Gasteiger partial charge in [-0.2, -0.15) is 0 Å². The second-order valence-electron chi connectivity index (χ2n) is 4.45. The van der Waals surface area contributed by atoms with Crippen molar-refractivity contribution in [1.82, 2.24) is 10.2 Å². The number of methoxy groups -OCH3 is 1. The summed E-state index contributed by atoms with van der Waals surface area (Å²) in [5.41, 5.74) is 7.68. The van der Waals surface area contributed by atoms with Crippen molar-refractivity contribution in [3.8, 4) is 0 Å². The van der Waals surface area contributed by atoms with Crippen LogP contribution in [-0.4, -0.2) is 24.6 Å². The van der Waals surface area contributed by atoms with Crippen LogP contribution < -0.4 is 11.1 Å². The monoisotopic (exact) mass is 277 g/mol. The molecule has 3 N–H and O–H groups in total. The molecule has 0 amide bonds. The largest absolute Gasteiger partial charge is 0.483 e. The van der Waals surface area contributed by atoms with E-state index in [0.717, 1.165) is 17.9 Å². The summed E-state index contributed by atoms with van der Waals surface area (Å²) < 4.78 is 4.93.